The molecule has 0 unspecified atom stereocenters. The first-order valence-electron chi connectivity index (χ1n) is 6.84. The average molecular weight is 355 g/mol. The number of hydrogen-bond acceptors (Lipinski definition) is 2. The summed E-state index contributed by atoms with van der Waals surface area (Å²) in [6.45, 7) is 9.14. The number of aliphatic hydroxyl groups excluding tert-OH is 1. The normalized spacial score (nSPS) is 10.4. The monoisotopic (exact) mass is 354 g/mol. The molecule has 0 atom stereocenters. The van der Waals surface area contributed by atoms with Gasteiger partial charge in [-0.1, -0.05) is 0 Å². The number of halogens is 1. The third-order valence-electron chi connectivity index (χ3n) is 3.85. The quantitative estimate of drug-likeness (QED) is 0.715. The Morgan fingerprint density at radius 3 is 2.19 bits per heavy atom. The van der Waals surface area contributed by atoms with E-state index >= 15 is 0 Å². The number of aryl methyl sites for hydroxylation is 2. The fourth-order valence-electron chi connectivity index (χ4n) is 2.67. The summed E-state index contributed by atoms with van der Waals surface area (Å²) >= 11 is 0. The highest BCUT2D eigenvalue weighted by molar-refractivity contribution is 5.52. The van der Waals surface area contributed by atoms with Gasteiger partial charge >= 0.3 is 0 Å². The van der Waals surface area contributed by atoms with Crippen LogP contribution in [0.25, 0.3) is 5.69 Å². The highest BCUT2D eigenvalue weighted by Crippen LogP contribution is 2.26. The average Bonchev–Trinajstić information content (AvgIpc) is 2.67. The molecule has 1 aromatic carbocycles. The molecule has 0 radical (unpaired) electrons. The van der Waals surface area contributed by atoms with E-state index in [1.165, 1.54) is 28.2 Å². The van der Waals surface area contributed by atoms with Gasteiger partial charge in [-0.25, -0.2) is 4.57 Å². The molecular formula is C16H23BrN2O2. The molecule has 0 saturated heterocycles. The van der Waals surface area contributed by atoms with Crippen LogP contribution >= 0.6 is 0 Å². The molecule has 0 saturated carbocycles. The summed E-state index contributed by atoms with van der Waals surface area (Å²) in [7, 11) is 1.69. The number of imidazole rings is 1. The van der Waals surface area contributed by atoms with Crippen LogP contribution in [0, 0.1) is 27.7 Å². The van der Waals surface area contributed by atoms with Crippen LogP contribution < -0.4 is 26.3 Å². The Bertz CT molecular complexity index is 612. The lowest BCUT2D eigenvalue weighted by Crippen LogP contribution is -3.00. The Kier molecular flexibility index (Phi) is 5.98. The number of nitrogens with zero attached hydrogens (tertiary/aromatic N) is 2. The number of aromatic nitrogens is 2. The summed E-state index contributed by atoms with van der Waals surface area (Å²) in [5, 5.41) is 9.15. The highest BCUT2D eigenvalue weighted by Gasteiger charge is 2.20. The lowest BCUT2D eigenvalue weighted by molar-refractivity contribution is -0.703. The predicted molar refractivity (Wildman–Crippen MR) is 78.5 cm³/mol. The molecule has 5 heteroatoms. The van der Waals surface area contributed by atoms with Gasteiger partial charge in [0.05, 0.1) is 13.7 Å². The zero-order chi connectivity index (χ0) is 14.9. The predicted octanol–water partition coefficient (Wildman–Crippen LogP) is -0.997. The minimum atomic E-state index is 0. The highest BCUT2D eigenvalue weighted by atomic mass is 79.9. The molecule has 0 aliphatic rings. The molecule has 116 valence electrons. The second-order valence-corrected chi connectivity index (χ2v) is 5.18. The molecule has 1 heterocycles. The first kappa shape index (κ1) is 17.7. The van der Waals surface area contributed by atoms with Gasteiger partial charge < -0.3 is 26.8 Å². The van der Waals surface area contributed by atoms with Crippen molar-refractivity contribution in [1.29, 1.82) is 0 Å². The fourth-order valence-corrected chi connectivity index (χ4v) is 2.67. The summed E-state index contributed by atoms with van der Waals surface area (Å²) in [4.78, 5) is 0. The van der Waals surface area contributed by atoms with Crippen LogP contribution in [0.1, 0.15) is 22.5 Å². The molecule has 2 rings (SSSR count). The molecular weight excluding hydrogens is 332 g/mol. The van der Waals surface area contributed by atoms with Gasteiger partial charge in [-0.3, -0.25) is 0 Å². The van der Waals surface area contributed by atoms with Gasteiger partial charge in [0.1, 0.15) is 29.4 Å². The van der Waals surface area contributed by atoms with Crippen LogP contribution in [-0.2, 0) is 6.54 Å². The van der Waals surface area contributed by atoms with E-state index in [9.17, 15) is 0 Å². The van der Waals surface area contributed by atoms with Gasteiger partial charge in [-0.15, -0.1) is 0 Å². The van der Waals surface area contributed by atoms with Crippen molar-refractivity contribution in [2.45, 2.75) is 34.2 Å². The van der Waals surface area contributed by atoms with Crippen LogP contribution in [0.15, 0.2) is 18.5 Å². The Balaban J connectivity index is 0.00000220. The molecule has 0 fully saturated rings. The number of methoxy groups -OCH3 is 1. The molecule has 2 aromatic rings. The Morgan fingerprint density at radius 1 is 1.14 bits per heavy atom. The van der Waals surface area contributed by atoms with Crippen molar-refractivity contribution < 1.29 is 31.4 Å². The number of rotatable bonds is 4. The second kappa shape index (κ2) is 7.09. The lowest BCUT2D eigenvalue weighted by atomic mass is 10.1. The van der Waals surface area contributed by atoms with E-state index in [2.05, 4.69) is 43.2 Å². The molecule has 0 aliphatic heterocycles. The van der Waals surface area contributed by atoms with Gasteiger partial charge in [0, 0.05) is 25.0 Å². The van der Waals surface area contributed by atoms with E-state index in [1.807, 2.05) is 12.1 Å². The van der Waals surface area contributed by atoms with Crippen LogP contribution in [-0.4, -0.2) is 23.4 Å². The maximum absolute atomic E-state index is 9.15. The van der Waals surface area contributed by atoms with Gasteiger partial charge in [0.25, 0.3) is 0 Å². The number of hydrogen-bond donors (Lipinski definition) is 1. The number of ether oxygens (including phenoxy) is 1. The van der Waals surface area contributed by atoms with E-state index in [4.69, 9.17) is 9.84 Å². The molecule has 1 aromatic heterocycles. The number of benzene rings is 1. The summed E-state index contributed by atoms with van der Waals surface area (Å²) < 4.78 is 9.59. The van der Waals surface area contributed by atoms with Crippen molar-refractivity contribution in [3.8, 4) is 11.4 Å². The largest absolute Gasteiger partial charge is 1.00 e. The topological polar surface area (TPSA) is 38.3 Å². The minimum absolute atomic E-state index is 0. The molecule has 0 spiro atoms. The first-order chi connectivity index (χ1) is 9.49. The van der Waals surface area contributed by atoms with E-state index in [0.717, 1.165) is 5.75 Å². The summed E-state index contributed by atoms with van der Waals surface area (Å²) in [5.41, 5.74) is 5.90. The van der Waals surface area contributed by atoms with Crippen molar-refractivity contribution >= 4 is 0 Å². The van der Waals surface area contributed by atoms with Crippen LogP contribution in [0.5, 0.6) is 5.75 Å². The Labute approximate surface area is 136 Å². The van der Waals surface area contributed by atoms with Crippen molar-refractivity contribution in [1.82, 2.24) is 4.57 Å². The van der Waals surface area contributed by atoms with E-state index in [-0.39, 0.29) is 23.6 Å². The first-order valence-corrected chi connectivity index (χ1v) is 6.84. The number of aliphatic hydroxyl groups is 1. The molecule has 1 N–H and O–H groups in total. The zero-order valence-corrected chi connectivity index (χ0v) is 14.9. The maximum Gasteiger partial charge on any atom is 0.249 e. The standard InChI is InChI=1S/C16H23N2O2.BrH/c1-11-8-15(20-5)9-12(2)16(11)18-10-17(6-7-19)13(3)14(18)4;/h8-10,19H,6-7H2,1-5H3;1H/q+1;/p-1. The lowest BCUT2D eigenvalue weighted by Gasteiger charge is -2.09. The minimum Gasteiger partial charge on any atom is -1.00 e. The molecule has 0 bridgehead atoms. The van der Waals surface area contributed by atoms with Crippen LogP contribution in [0.4, 0.5) is 0 Å². The van der Waals surface area contributed by atoms with E-state index < -0.39 is 0 Å². The maximum atomic E-state index is 9.15. The summed E-state index contributed by atoms with van der Waals surface area (Å²) in [6.07, 6.45) is 2.06. The van der Waals surface area contributed by atoms with Crippen molar-refractivity contribution in [2.24, 2.45) is 0 Å². The van der Waals surface area contributed by atoms with Gasteiger partial charge in [-0.2, -0.15) is 4.57 Å². The SMILES string of the molecule is COc1cc(C)c(-n2c[n+](CCO)c(C)c2C)c(C)c1.[Br-]. The second-order valence-electron chi connectivity index (χ2n) is 5.18. The van der Waals surface area contributed by atoms with E-state index in [0.29, 0.717) is 6.54 Å². The van der Waals surface area contributed by atoms with Crippen LogP contribution in [0.2, 0.25) is 0 Å². The van der Waals surface area contributed by atoms with Crippen LogP contribution in [0.3, 0.4) is 0 Å². The van der Waals surface area contributed by atoms with Gasteiger partial charge in [0.2, 0.25) is 6.33 Å². The zero-order valence-electron chi connectivity index (χ0n) is 13.3. The molecule has 21 heavy (non-hydrogen) atoms. The fraction of sp³-hybridized carbons (Fsp3) is 0.438. The summed E-state index contributed by atoms with van der Waals surface area (Å²) in [6, 6.07) is 4.10. The molecule has 4 nitrogen and oxygen atoms in total. The van der Waals surface area contributed by atoms with Crippen molar-refractivity contribution in [2.75, 3.05) is 13.7 Å². The van der Waals surface area contributed by atoms with Crippen molar-refractivity contribution in [3.05, 3.63) is 41.0 Å². The third-order valence-corrected chi connectivity index (χ3v) is 3.85. The Morgan fingerprint density at radius 2 is 1.71 bits per heavy atom. The van der Waals surface area contributed by atoms with Gasteiger partial charge in [-0.05, 0) is 26.0 Å². The van der Waals surface area contributed by atoms with Gasteiger partial charge in [0.15, 0.2) is 0 Å². The third kappa shape index (κ3) is 3.30. The smallest absolute Gasteiger partial charge is 0.249 e. The molecule has 0 amide bonds. The Hall–Kier alpha value is -1.33. The van der Waals surface area contributed by atoms with Crippen molar-refractivity contribution in [3.63, 3.8) is 0 Å². The van der Waals surface area contributed by atoms with E-state index in [1.54, 1.807) is 7.11 Å². The summed E-state index contributed by atoms with van der Waals surface area (Å²) in [5.74, 6) is 0.883. The molecule has 0 aliphatic carbocycles.